The van der Waals surface area contributed by atoms with Crippen LogP contribution in [0, 0.1) is 5.92 Å². The van der Waals surface area contributed by atoms with Gasteiger partial charge in [0.25, 0.3) is 0 Å². The monoisotopic (exact) mass is 272 g/mol. The highest BCUT2D eigenvalue weighted by atomic mass is 16.5. The molecule has 0 N–H and O–H groups in total. The molecule has 2 aliphatic carbocycles. The van der Waals surface area contributed by atoms with Gasteiger partial charge in [0.15, 0.2) is 0 Å². The van der Waals surface area contributed by atoms with E-state index in [9.17, 15) is 0 Å². The topological polar surface area (TPSA) is 18.5 Å². The quantitative estimate of drug-likeness (QED) is 0.830. The zero-order valence-corrected chi connectivity index (χ0v) is 12.5. The van der Waals surface area contributed by atoms with E-state index >= 15 is 0 Å². The van der Waals surface area contributed by atoms with Gasteiger partial charge in [-0.3, -0.25) is 0 Å². The summed E-state index contributed by atoms with van der Waals surface area (Å²) in [6.07, 6.45) is 7.55. The van der Waals surface area contributed by atoms with Crippen LogP contribution in [0.2, 0.25) is 0 Å². The molecule has 20 heavy (non-hydrogen) atoms. The molecule has 0 spiro atoms. The number of hydrogen-bond donors (Lipinski definition) is 0. The van der Waals surface area contributed by atoms with Crippen molar-refractivity contribution >= 4 is 6.08 Å². The van der Waals surface area contributed by atoms with E-state index in [1.165, 1.54) is 36.8 Å². The molecule has 1 unspecified atom stereocenters. The first-order valence-corrected chi connectivity index (χ1v) is 7.59. The Kier molecular flexibility index (Phi) is 3.95. The lowest BCUT2D eigenvalue weighted by atomic mass is 9.60. The van der Waals surface area contributed by atoms with E-state index in [0.29, 0.717) is 5.92 Å². The van der Waals surface area contributed by atoms with Crippen LogP contribution in [-0.2, 0) is 14.9 Å². The molecule has 1 aromatic rings. The van der Waals surface area contributed by atoms with Crippen molar-refractivity contribution in [3.05, 3.63) is 41.0 Å². The molecule has 0 bridgehead atoms. The summed E-state index contributed by atoms with van der Waals surface area (Å²) in [5.74, 6) is 0.575. The van der Waals surface area contributed by atoms with Gasteiger partial charge in [-0.1, -0.05) is 42.3 Å². The van der Waals surface area contributed by atoms with Crippen LogP contribution in [0.4, 0.5) is 0 Å². The average molecular weight is 272 g/mol. The van der Waals surface area contributed by atoms with E-state index in [0.717, 1.165) is 13.2 Å². The molecule has 0 radical (unpaired) electrons. The number of allylic oxidation sites excluding steroid dienone is 1. The Bertz CT molecular complexity index is 498. The van der Waals surface area contributed by atoms with Crippen molar-refractivity contribution in [2.75, 3.05) is 27.4 Å². The molecule has 0 saturated heterocycles. The molecule has 3 rings (SSSR count). The summed E-state index contributed by atoms with van der Waals surface area (Å²) in [6, 6.07) is 8.76. The SMILES string of the molecule is COCC1(COC)c2ccccc2C=C2CCCCC21. The number of rotatable bonds is 4. The number of fused-ring (bicyclic) bond motifs is 2. The van der Waals surface area contributed by atoms with E-state index in [-0.39, 0.29) is 5.41 Å². The number of hydrogen-bond acceptors (Lipinski definition) is 2. The highest BCUT2D eigenvalue weighted by Gasteiger charge is 2.46. The Hall–Kier alpha value is -1.12. The Balaban J connectivity index is 2.15. The second-order valence-corrected chi connectivity index (χ2v) is 6.13. The van der Waals surface area contributed by atoms with Crippen LogP contribution in [0.15, 0.2) is 29.8 Å². The van der Waals surface area contributed by atoms with Crippen molar-refractivity contribution in [3.8, 4) is 0 Å². The third-order valence-corrected chi connectivity index (χ3v) is 4.96. The van der Waals surface area contributed by atoms with Gasteiger partial charge in [0.05, 0.1) is 13.2 Å². The molecule has 1 fully saturated rings. The predicted octanol–water partition coefficient (Wildman–Crippen LogP) is 3.80. The van der Waals surface area contributed by atoms with Gasteiger partial charge in [-0.2, -0.15) is 0 Å². The van der Waals surface area contributed by atoms with Gasteiger partial charge in [-0.25, -0.2) is 0 Å². The van der Waals surface area contributed by atoms with Gasteiger partial charge < -0.3 is 9.47 Å². The minimum atomic E-state index is -0.00933. The van der Waals surface area contributed by atoms with Crippen LogP contribution in [0.25, 0.3) is 6.08 Å². The van der Waals surface area contributed by atoms with Crippen molar-refractivity contribution in [3.63, 3.8) is 0 Å². The molecule has 2 heteroatoms. The molecule has 2 nitrogen and oxygen atoms in total. The third-order valence-electron chi connectivity index (χ3n) is 4.96. The molecular weight excluding hydrogens is 248 g/mol. The highest BCUT2D eigenvalue weighted by molar-refractivity contribution is 5.64. The van der Waals surface area contributed by atoms with Gasteiger partial charge in [0.2, 0.25) is 0 Å². The Labute approximate surface area is 121 Å². The predicted molar refractivity (Wildman–Crippen MR) is 81.8 cm³/mol. The molecule has 0 amide bonds. The van der Waals surface area contributed by atoms with Crippen LogP contribution >= 0.6 is 0 Å². The van der Waals surface area contributed by atoms with E-state index in [1.807, 2.05) is 0 Å². The molecule has 1 saturated carbocycles. The molecule has 2 aliphatic rings. The van der Waals surface area contributed by atoms with E-state index in [2.05, 4.69) is 30.3 Å². The number of methoxy groups -OCH3 is 2. The summed E-state index contributed by atoms with van der Waals surface area (Å²) in [4.78, 5) is 0. The van der Waals surface area contributed by atoms with Crippen molar-refractivity contribution in [2.45, 2.75) is 31.1 Å². The molecule has 1 aromatic carbocycles. The van der Waals surface area contributed by atoms with Crippen LogP contribution in [-0.4, -0.2) is 27.4 Å². The lowest BCUT2D eigenvalue weighted by Crippen LogP contribution is -2.47. The van der Waals surface area contributed by atoms with Gasteiger partial charge in [0.1, 0.15) is 0 Å². The summed E-state index contributed by atoms with van der Waals surface area (Å²) in [6.45, 7) is 1.47. The van der Waals surface area contributed by atoms with Crippen molar-refractivity contribution in [1.29, 1.82) is 0 Å². The maximum absolute atomic E-state index is 5.64. The van der Waals surface area contributed by atoms with Gasteiger partial charge in [0, 0.05) is 19.6 Å². The normalized spacial score (nSPS) is 23.7. The van der Waals surface area contributed by atoms with Crippen LogP contribution in [0.1, 0.15) is 36.8 Å². The molecule has 0 aromatic heterocycles. The fourth-order valence-electron chi connectivity index (χ4n) is 4.22. The van der Waals surface area contributed by atoms with Crippen LogP contribution < -0.4 is 0 Å². The first-order valence-electron chi connectivity index (χ1n) is 7.59. The van der Waals surface area contributed by atoms with Gasteiger partial charge in [-0.15, -0.1) is 0 Å². The maximum atomic E-state index is 5.64. The summed E-state index contributed by atoms with van der Waals surface area (Å²) in [7, 11) is 3.61. The smallest absolute Gasteiger partial charge is 0.0587 e. The largest absolute Gasteiger partial charge is 0.384 e. The van der Waals surface area contributed by atoms with E-state index in [1.54, 1.807) is 19.8 Å². The summed E-state index contributed by atoms with van der Waals surface area (Å²) in [5, 5.41) is 0. The van der Waals surface area contributed by atoms with E-state index < -0.39 is 0 Å². The Morgan fingerprint density at radius 3 is 2.60 bits per heavy atom. The van der Waals surface area contributed by atoms with Crippen LogP contribution in [0.5, 0.6) is 0 Å². The molecule has 108 valence electrons. The van der Waals surface area contributed by atoms with Crippen LogP contribution in [0.3, 0.4) is 0 Å². The molecule has 0 aliphatic heterocycles. The summed E-state index contributed by atoms with van der Waals surface area (Å²) in [5.41, 5.74) is 4.35. The average Bonchev–Trinajstić information content (AvgIpc) is 2.48. The first-order chi connectivity index (χ1) is 9.81. The number of ether oxygens (including phenoxy) is 2. The zero-order chi connectivity index (χ0) is 14.0. The third kappa shape index (κ3) is 2.11. The van der Waals surface area contributed by atoms with Gasteiger partial charge >= 0.3 is 0 Å². The lowest BCUT2D eigenvalue weighted by molar-refractivity contribution is 0.0262. The summed E-state index contributed by atoms with van der Waals surface area (Å²) < 4.78 is 11.3. The molecule has 0 heterocycles. The lowest BCUT2D eigenvalue weighted by Gasteiger charge is -2.47. The van der Waals surface area contributed by atoms with Crippen molar-refractivity contribution in [1.82, 2.24) is 0 Å². The zero-order valence-electron chi connectivity index (χ0n) is 12.5. The first kappa shape index (κ1) is 13.8. The molecule has 1 atom stereocenters. The molecular formula is C18H24O2. The summed E-state index contributed by atoms with van der Waals surface area (Å²) >= 11 is 0. The maximum Gasteiger partial charge on any atom is 0.0587 e. The Morgan fingerprint density at radius 1 is 1.10 bits per heavy atom. The van der Waals surface area contributed by atoms with Crippen molar-refractivity contribution < 1.29 is 9.47 Å². The Morgan fingerprint density at radius 2 is 1.85 bits per heavy atom. The fourth-order valence-corrected chi connectivity index (χ4v) is 4.22. The van der Waals surface area contributed by atoms with E-state index in [4.69, 9.17) is 9.47 Å². The fraction of sp³-hybridized carbons (Fsp3) is 0.556. The van der Waals surface area contributed by atoms with Crippen molar-refractivity contribution in [2.24, 2.45) is 5.92 Å². The minimum absolute atomic E-state index is 0.00933. The second-order valence-electron chi connectivity index (χ2n) is 6.13. The highest BCUT2D eigenvalue weighted by Crippen LogP contribution is 2.49. The minimum Gasteiger partial charge on any atom is -0.384 e. The van der Waals surface area contributed by atoms with Gasteiger partial charge in [-0.05, 0) is 36.3 Å². The second kappa shape index (κ2) is 5.71. The number of benzene rings is 1. The standard InChI is InChI=1S/C18H24O2/c1-19-12-18(13-20-2)16-9-5-3-7-14(16)11-15-8-4-6-10-17(15)18/h3,5,7,9,11,17H,4,6,8,10,12-13H2,1-2H3.